The highest BCUT2D eigenvalue weighted by atomic mass is 35.5. The fraction of sp³-hybridized carbons (Fsp3) is 0.500. The summed E-state index contributed by atoms with van der Waals surface area (Å²) in [6.45, 7) is 1.86. The molecule has 0 spiro atoms. The van der Waals surface area contributed by atoms with Crippen LogP contribution in [0.1, 0.15) is 24.8 Å². The number of halogens is 1. The van der Waals surface area contributed by atoms with Crippen LogP contribution in [0.4, 0.5) is 5.69 Å². The molecule has 2 aliphatic carbocycles. The number of benzene rings is 1. The predicted octanol–water partition coefficient (Wildman–Crippen LogP) is 3.18. The van der Waals surface area contributed by atoms with Gasteiger partial charge in [0.05, 0.1) is 17.5 Å². The van der Waals surface area contributed by atoms with E-state index in [4.69, 9.17) is 11.6 Å². The lowest BCUT2D eigenvalue weighted by atomic mass is 9.81. The molecule has 0 aromatic heterocycles. The quantitative estimate of drug-likeness (QED) is 0.745. The van der Waals surface area contributed by atoms with Crippen LogP contribution in [-0.2, 0) is 9.59 Å². The summed E-state index contributed by atoms with van der Waals surface area (Å²) in [5.74, 6) is 0.700. The molecule has 1 saturated heterocycles. The first-order valence-electron chi connectivity index (χ1n) is 7.22. The second-order valence-electron chi connectivity index (χ2n) is 6.28. The van der Waals surface area contributed by atoms with Crippen molar-refractivity contribution in [2.75, 3.05) is 4.90 Å². The number of anilines is 1. The van der Waals surface area contributed by atoms with Crippen LogP contribution in [-0.4, -0.2) is 11.8 Å². The van der Waals surface area contributed by atoms with Crippen molar-refractivity contribution in [3.8, 4) is 0 Å². The van der Waals surface area contributed by atoms with Crippen molar-refractivity contribution in [1.82, 2.24) is 0 Å². The minimum Gasteiger partial charge on any atom is -0.274 e. The molecule has 2 saturated carbocycles. The van der Waals surface area contributed by atoms with E-state index in [0.29, 0.717) is 22.5 Å². The standard InChI is InChI=1S/C16H16ClNO2/c1-8-11(17)3-2-4-12(8)18-15(19)13-9-5-6-10(7-9)14(13)16(18)20/h2-4,9-10,13-14H,5-7H2,1H3/t9-,10-,13-,14+/m1/s1. The van der Waals surface area contributed by atoms with Crippen LogP contribution in [0.15, 0.2) is 18.2 Å². The van der Waals surface area contributed by atoms with Gasteiger partial charge in [0, 0.05) is 5.02 Å². The Morgan fingerprint density at radius 2 is 1.70 bits per heavy atom. The highest BCUT2D eigenvalue weighted by Gasteiger charge is 2.61. The Labute approximate surface area is 122 Å². The fourth-order valence-electron chi connectivity index (χ4n) is 4.48. The second-order valence-corrected chi connectivity index (χ2v) is 6.69. The van der Waals surface area contributed by atoms with E-state index in [0.717, 1.165) is 24.8 Å². The third-order valence-electron chi connectivity index (χ3n) is 5.41. The van der Waals surface area contributed by atoms with Crippen LogP contribution in [0, 0.1) is 30.6 Å². The summed E-state index contributed by atoms with van der Waals surface area (Å²) in [6.07, 6.45) is 3.27. The van der Waals surface area contributed by atoms with Crippen molar-refractivity contribution in [2.45, 2.75) is 26.2 Å². The zero-order valence-corrected chi connectivity index (χ0v) is 12.1. The molecule has 4 heteroatoms. The van der Waals surface area contributed by atoms with Gasteiger partial charge in [-0.2, -0.15) is 0 Å². The maximum Gasteiger partial charge on any atom is 0.237 e. The number of imide groups is 1. The van der Waals surface area contributed by atoms with Gasteiger partial charge in [0.2, 0.25) is 11.8 Å². The highest BCUT2D eigenvalue weighted by Crippen LogP contribution is 2.56. The van der Waals surface area contributed by atoms with Crippen LogP contribution in [0.5, 0.6) is 0 Å². The lowest BCUT2D eigenvalue weighted by molar-refractivity contribution is -0.123. The molecule has 0 N–H and O–H groups in total. The topological polar surface area (TPSA) is 37.4 Å². The van der Waals surface area contributed by atoms with Crippen LogP contribution in [0.25, 0.3) is 0 Å². The lowest BCUT2D eigenvalue weighted by Crippen LogP contribution is -2.33. The molecule has 104 valence electrons. The van der Waals surface area contributed by atoms with E-state index in [1.165, 1.54) is 4.90 Å². The van der Waals surface area contributed by atoms with Gasteiger partial charge in [0.1, 0.15) is 0 Å². The molecular formula is C16H16ClNO2. The van der Waals surface area contributed by atoms with Crippen LogP contribution in [0.3, 0.4) is 0 Å². The van der Waals surface area contributed by atoms with E-state index in [1.807, 2.05) is 13.0 Å². The van der Waals surface area contributed by atoms with Gasteiger partial charge in [-0.15, -0.1) is 0 Å². The molecule has 1 aliphatic heterocycles. The third kappa shape index (κ3) is 1.42. The molecule has 1 aromatic carbocycles. The van der Waals surface area contributed by atoms with E-state index >= 15 is 0 Å². The van der Waals surface area contributed by atoms with Crippen LogP contribution < -0.4 is 4.90 Å². The molecule has 4 atom stereocenters. The fourth-order valence-corrected chi connectivity index (χ4v) is 4.65. The van der Waals surface area contributed by atoms with Gasteiger partial charge in [-0.1, -0.05) is 17.7 Å². The number of carbonyl (C=O) groups is 2. The summed E-state index contributed by atoms with van der Waals surface area (Å²) in [5, 5.41) is 0.600. The Morgan fingerprint density at radius 1 is 1.10 bits per heavy atom. The van der Waals surface area contributed by atoms with Gasteiger partial charge in [-0.3, -0.25) is 9.59 Å². The van der Waals surface area contributed by atoms with Crippen molar-refractivity contribution < 1.29 is 9.59 Å². The van der Waals surface area contributed by atoms with E-state index in [-0.39, 0.29) is 23.7 Å². The number of carbonyl (C=O) groups excluding carboxylic acids is 2. The van der Waals surface area contributed by atoms with Crippen molar-refractivity contribution in [3.05, 3.63) is 28.8 Å². The second kappa shape index (κ2) is 4.08. The molecular weight excluding hydrogens is 274 g/mol. The van der Waals surface area contributed by atoms with Gasteiger partial charge in [0.15, 0.2) is 0 Å². The van der Waals surface area contributed by atoms with Gasteiger partial charge in [-0.05, 0) is 55.7 Å². The molecule has 4 rings (SSSR count). The average Bonchev–Trinajstić information content (AvgIpc) is 3.09. The zero-order valence-electron chi connectivity index (χ0n) is 11.3. The van der Waals surface area contributed by atoms with Crippen molar-refractivity contribution in [1.29, 1.82) is 0 Å². The van der Waals surface area contributed by atoms with Gasteiger partial charge < -0.3 is 0 Å². The van der Waals surface area contributed by atoms with Gasteiger partial charge in [0.25, 0.3) is 0 Å². The number of nitrogens with zero attached hydrogens (tertiary/aromatic N) is 1. The van der Waals surface area contributed by atoms with E-state index in [1.54, 1.807) is 12.1 Å². The smallest absolute Gasteiger partial charge is 0.237 e. The average molecular weight is 290 g/mol. The lowest BCUT2D eigenvalue weighted by Gasteiger charge is -2.19. The molecule has 2 amide bonds. The monoisotopic (exact) mass is 289 g/mol. The van der Waals surface area contributed by atoms with Crippen molar-refractivity contribution in [3.63, 3.8) is 0 Å². The summed E-state index contributed by atoms with van der Waals surface area (Å²) in [7, 11) is 0. The molecule has 2 bridgehead atoms. The highest BCUT2D eigenvalue weighted by molar-refractivity contribution is 6.32. The Kier molecular flexibility index (Phi) is 2.53. The Balaban J connectivity index is 1.79. The Hall–Kier alpha value is -1.35. The van der Waals surface area contributed by atoms with Gasteiger partial charge in [-0.25, -0.2) is 4.90 Å². The molecule has 1 aromatic rings. The summed E-state index contributed by atoms with van der Waals surface area (Å²) in [4.78, 5) is 26.8. The first-order valence-corrected chi connectivity index (χ1v) is 7.60. The SMILES string of the molecule is Cc1c(Cl)cccc1N1C(=O)[C@@H]2[C@@H]3CC[C@H](C3)[C@@H]2C1=O. The van der Waals surface area contributed by atoms with Crippen molar-refractivity contribution in [2.24, 2.45) is 23.7 Å². The number of hydrogen-bond donors (Lipinski definition) is 0. The molecule has 3 nitrogen and oxygen atoms in total. The first-order chi connectivity index (χ1) is 9.59. The molecule has 0 radical (unpaired) electrons. The maximum atomic E-state index is 12.7. The summed E-state index contributed by atoms with van der Waals surface area (Å²) >= 11 is 6.13. The maximum absolute atomic E-state index is 12.7. The van der Waals surface area contributed by atoms with E-state index < -0.39 is 0 Å². The Morgan fingerprint density at radius 3 is 2.30 bits per heavy atom. The number of rotatable bonds is 1. The van der Waals surface area contributed by atoms with E-state index in [9.17, 15) is 9.59 Å². The van der Waals surface area contributed by atoms with Crippen molar-refractivity contribution >= 4 is 29.1 Å². The third-order valence-corrected chi connectivity index (χ3v) is 5.82. The van der Waals surface area contributed by atoms with Crippen LogP contribution >= 0.6 is 11.6 Å². The first kappa shape index (κ1) is 12.4. The summed E-state index contributed by atoms with van der Waals surface area (Å²) in [5.41, 5.74) is 1.48. The summed E-state index contributed by atoms with van der Waals surface area (Å²) in [6, 6.07) is 5.41. The normalized spacial score (nSPS) is 35.0. The summed E-state index contributed by atoms with van der Waals surface area (Å²) < 4.78 is 0. The Bertz CT molecular complexity index is 599. The number of amides is 2. The largest absolute Gasteiger partial charge is 0.274 e. The molecule has 20 heavy (non-hydrogen) atoms. The van der Waals surface area contributed by atoms with Crippen LogP contribution in [0.2, 0.25) is 5.02 Å². The molecule has 1 heterocycles. The minimum absolute atomic E-state index is 0.00225. The predicted molar refractivity (Wildman–Crippen MR) is 76.5 cm³/mol. The molecule has 3 fully saturated rings. The molecule has 0 unspecified atom stereocenters. The number of fused-ring (bicyclic) bond motifs is 5. The zero-order chi connectivity index (χ0) is 14.0. The minimum atomic E-state index is -0.0698. The molecule has 3 aliphatic rings. The van der Waals surface area contributed by atoms with Gasteiger partial charge >= 0.3 is 0 Å². The van der Waals surface area contributed by atoms with E-state index in [2.05, 4.69) is 0 Å². The number of hydrogen-bond acceptors (Lipinski definition) is 2.